The van der Waals surface area contributed by atoms with Crippen molar-refractivity contribution in [2.45, 2.75) is 25.4 Å². The van der Waals surface area contributed by atoms with Crippen LogP contribution in [0.25, 0.3) is 0 Å². The molecule has 4 rings (SSSR count). The second-order valence-electron chi connectivity index (χ2n) is 6.70. The second kappa shape index (κ2) is 5.43. The molecule has 0 fully saturated rings. The molecule has 0 aromatic heterocycles. The van der Waals surface area contributed by atoms with Gasteiger partial charge in [-0.15, -0.1) is 0 Å². The molecule has 2 aromatic carbocycles. The van der Waals surface area contributed by atoms with Crippen molar-refractivity contribution in [3.8, 4) is 5.75 Å². The first-order valence-corrected chi connectivity index (χ1v) is 8.32. The molecule has 0 spiro atoms. The molecule has 0 radical (unpaired) electrons. The average Bonchev–Trinajstić information content (AvgIpc) is 2.87. The van der Waals surface area contributed by atoms with E-state index in [1.807, 2.05) is 13.0 Å². The van der Waals surface area contributed by atoms with Crippen LogP contribution in [0.5, 0.6) is 5.75 Å². The fourth-order valence-electron chi connectivity index (χ4n) is 4.01. The third kappa shape index (κ3) is 2.12. The lowest BCUT2D eigenvalue weighted by molar-refractivity contribution is -0.138. The molecule has 2 aromatic rings. The zero-order chi connectivity index (χ0) is 17.8. The molecule has 5 heteroatoms. The molecule has 1 heterocycles. The van der Waals surface area contributed by atoms with Gasteiger partial charge in [0, 0.05) is 16.8 Å². The topological polar surface area (TPSA) is 75.6 Å². The maximum absolute atomic E-state index is 13.1. The Morgan fingerprint density at radius 1 is 1.24 bits per heavy atom. The van der Waals surface area contributed by atoms with Crippen molar-refractivity contribution in [1.29, 1.82) is 0 Å². The van der Waals surface area contributed by atoms with Crippen LogP contribution in [0.2, 0.25) is 0 Å². The van der Waals surface area contributed by atoms with Gasteiger partial charge in [0.15, 0.2) is 11.4 Å². The number of nitrogens with one attached hydrogen (secondary N) is 1. The van der Waals surface area contributed by atoms with Crippen molar-refractivity contribution < 1.29 is 19.4 Å². The quantitative estimate of drug-likeness (QED) is 0.883. The van der Waals surface area contributed by atoms with E-state index in [4.69, 9.17) is 4.74 Å². The highest BCUT2D eigenvalue weighted by Crippen LogP contribution is 2.46. The Kier molecular flexibility index (Phi) is 3.44. The summed E-state index contributed by atoms with van der Waals surface area (Å²) in [6.45, 7) is 1.88. The third-order valence-electron chi connectivity index (χ3n) is 5.34. The van der Waals surface area contributed by atoms with Crippen molar-refractivity contribution in [3.63, 3.8) is 0 Å². The van der Waals surface area contributed by atoms with Gasteiger partial charge in [0.1, 0.15) is 5.75 Å². The van der Waals surface area contributed by atoms with Crippen LogP contribution in [0.3, 0.4) is 0 Å². The second-order valence-corrected chi connectivity index (χ2v) is 6.70. The monoisotopic (exact) mass is 337 g/mol. The van der Waals surface area contributed by atoms with Crippen LogP contribution >= 0.6 is 0 Å². The Hall–Kier alpha value is -2.66. The summed E-state index contributed by atoms with van der Waals surface area (Å²) in [6, 6.07) is 10.7. The minimum absolute atomic E-state index is 0.193. The van der Waals surface area contributed by atoms with Gasteiger partial charge in [-0.3, -0.25) is 9.59 Å². The number of ether oxygens (including phenoxy) is 1. The molecule has 0 unspecified atom stereocenters. The van der Waals surface area contributed by atoms with E-state index < -0.39 is 17.4 Å². The fourth-order valence-corrected chi connectivity index (χ4v) is 4.01. The Morgan fingerprint density at radius 3 is 2.76 bits per heavy atom. The van der Waals surface area contributed by atoms with Crippen LogP contribution in [-0.2, 0) is 16.8 Å². The van der Waals surface area contributed by atoms with Gasteiger partial charge in [0.2, 0.25) is 0 Å². The summed E-state index contributed by atoms with van der Waals surface area (Å²) in [4.78, 5) is 25.7. The Morgan fingerprint density at radius 2 is 2.00 bits per heavy atom. The van der Waals surface area contributed by atoms with Gasteiger partial charge in [-0.2, -0.15) is 0 Å². The summed E-state index contributed by atoms with van der Waals surface area (Å²) in [5, 5.41) is 13.9. The highest BCUT2D eigenvalue weighted by Gasteiger charge is 2.54. The van der Waals surface area contributed by atoms with E-state index >= 15 is 0 Å². The molecule has 128 valence electrons. The van der Waals surface area contributed by atoms with Crippen LogP contribution in [0.4, 0.5) is 5.69 Å². The van der Waals surface area contributed by atoms with E-state index in [9.17, 15) is 14.7 Å². The molecule has 0 saturated heterocycles. The number of aryl methyl sites for hydroxylation is 2. The zero-order valence-corrected chi connectivity index (χ0v) is 14.1. The van der Waals surface area contributed by atoms with Crippen molar-refractivity contribution in [3.05, 3.63) is 58.7 Å². The minimum Gasteiger partial charge on any atom is -0.496 e. The van der Waals surface area contributed by atoms with Crippen LogP contribution in [0.15, 0.2) is 36.4 Å². The van der Waals surface area contributed by atoms with Crippen LogP contribution in [0, 0.1) is 12.8 Å². The van der Waals surface area contributed by atoms with Gasteiger partial charge < -0.3 is 15.2 Å². The van der Waals surface area contributed by atoms with E-state index in [-0.39, 0.29) is 5.78 Å². The largest absolute Gasteiger partial charge is 0.496 e. The van der Waals surface area contributed by atoms with Crippen LogP contribution in [0.1, 0.15) is 33.5 Å². The number of carbonyl (C=O) groups is 2. The van der Waals surface area contributed by atoms with Gasteiger partial charge in [-0.25, -0.2) is 0 Å². The van der Waals surface area contributed by atoms with Gasteiger partial charge in [0.05, 0.1) is 13.0 Å². The number of anilines is 1. The normalized spacial score (nSPS) is 24.5. The Labute approximate surface area is 145 Å². The lowest BCUT2D eigenvalue weighted by Crippen LogP contribution is -2.47. The highest BCUT2D eigenvalue weighted by atomic mass is 16.5. The van der Waals surface area contributed by atoms with E-state index in [1.54, 1.807) is 37.4 Å². The molecule has 2 atom stereocenters. The number of hydrogen-bond donors (Lipinski definition) is 2. The number of para-hydroxylation sites is 1. The molecule has 2 N–H and O–H groups in total. The molecular weight excluding hydrogens is 318 g/mol. The maximum Gasteiger partial charge on any atom is 0.261 e. The molecule has 1 aliphatic heterocycles. The third-order valence-corrected chi connectivity index (χ3v) is 5.34. The highest BCUT2D eigenvalue weighted by molar-refractivity contribution is 6.11. The molecule has 0 saturated carbocycles. The minimum atomic E-state index is -1.82. The summed E-state index contributed by atoms with van der Waals surface area (Å²) in [7, 11) is 1.60. The number of aliphatic hydroxyl groups is 1. The standard InChI is InChI=1S/C20H19NO4/c1-11-9-13-12(10-17(11)25-2)7-8-15(18(13)22)20(24)14-5-3-4-6-16(14)21-19(20)23/h3-6,9-10,15,24H,7-8H2,1-2H3,(H,21,23)/t15-,20-/m1/s1. The number of fused-ring (bicyclic) bond motifs is 2. The number of Topliss-reactive ketones (excluding diaryl/α,β-unsaturated/α-hetero) is 1. The lowest BCUT2D eigenvalue weighted by atomic mass is 9.71. The maximum atomic E-state index is 13.1. The van der Waals surface area contributed by atoms with E-state index in [0.717, 1.165) is 16.9 Å². The first-order chi connectivity index (χ1) is 12.0. The molecule has 2 aliphatic rings. The summed E-state index contributed by atoms with van der Waals surface area (Å²) in [6.07, 6.45) is 1.02. The van der Waals surface area contributed by atoms with Gasteiger partial charge >= 0.3 is 0 Å². The van der Waals surface area contributed by atoms with Crippen molar-refractivity contribution in [2.24, 2.45) is 5.92 Å². The van der Waals surface area contributed by atoms with Crippen LogP contribution in [-0.4, -0.2) is 23.9 Å². The van der Waals surface area contributed by atoms with Crippen molar-refractivity contribution >= 4 is 17.4 Å². The smallest absolute Gasteiger partial charge is 0.261 e. The van der Waals surface area contributed by atoms with Gasteiger partial charge in [-0.1, -0.05) is 18.2 Å². The summed E-state index contributed by atoms with van der Waals surface area (Å²) in [5.74, 6) is -0.772. The van der Waals surface area contributed by atoms with E-state index in [0.29, 0.717) is 29.7 Å². The van der Waals surface area contributed by atoms with Gasteiger partial charge in [0.25, 0.3) is 5.91 Å². The number of benzene rings is 2. The number of rotatable bonds is 2. The first-order valence-electron chi connectivity index (χ1n) is 8.32. The number of methoxy groups -OCH3 is 1. The van der Waals surface area contributed by atoms with Gasteiger partial charge in [-0.05, 0) is 49.1 Å². The fraction of sp³-hybridized carbons (Fsp3) is 0.300. The first kappa shape index (κ1) is 15.8. The molecule has 1 aliphatic carbocycles. The number of amides is 1. The predicted molar refractivity (Wildman–Crippen MR) is 92.8 cm³/mol. The van der Waals surface area contributed by atoms with Crippen LogP contribution < -0.4 is 10.1 Å². The number of ketones is 1. The zero-order valence-electron chi connectivity index (χ0n) is 14.1. The molecule has 0 bridgehead atoms. The summed E-state index contributed by atoms with van der Waals surface area (Å²) in [5.41, 5.74) is 1.56. The average molecular weight is 337 g/mol. The van der Waals surface area contributed by atoms with Crippen molar-refractivity contribution in [2.75, 3.05) is 12.4 Å². The summed E-state index contributed by atoms with van der Waals surface area (Å²) < 4.78 is 5.33. The predicted octanol–water partition coefficient (Wildman–Crippen LogP) is 2.59. The number of carbonyl (C=O) groups excluding carboxylic acids is 2. The van der Waals surface area contributed by atoms with Crippen molar-refractivity contribution in [1.82, 2.24) is 0 Å². The lowest BCUT2D eigenvalue weighted by Gasteiger charge is -2.33. The van der Waals surface area contributed by atoms with E-state index in [1.165, 1.54) is 0 Å². The molecular formula is C20H19NO4. The molecule has 1 amide bonds. The Bertz CT molecular complexity index is 905. The Balaban J connectivity index is 1.80. The number of hydrogen-bond acceptors (Lipinski definition) is 4. The SMILES string of the molecule is COc1cc2c(cc1C)C(=O)[C@H]([C@@]1(O)C(=O)Nc3ccccc31)CC2. The molecule has 25 heavy (non-hydrogen) atoms. The molecule has 5 nitrogen and oxygen atoms in total. The van der Waals surface area contributed by atoms with E-state index in [2.05, 4.69) is 5.32 Å². The summed E-state index contributed by atoms with van der Waals surface area (Å²) >= 11 is 0.